The maximum Gasteiger partial charge on any atom is 0.209 e. The Morgan fingerprint density at radius 2 is 0.939 bits per heavy atom. The van der Waals surface area contributed by atoms with Crippen LogP contribution in [0.1, 0.15) is 16.7 Å². The SMILES string of the molecule is O=CN1CCNCCN(C(c2ccccc2)(c2ccccc2)c2ccccc2)CCNCC1. The van der Waals surface area contributed by atoms with Crippen LogP contribution < -0.4 is 10.6 Å². The van der Waals surface area contributed by atoms with Crippen molar-refractivity contribution in [2.24, 2.45) is 0 Å². The Hall–Kier alpha value is -2.99. The lowest BCUT2D eigenvalue weighted by atomic mass is 9.75. The van der Waals surface area contributed by atoms with E-state index in [0.717, 1.165) is 58.8 Å². The molecular formula is C28H34N4O. The van der Waals surface area contributed by atoms with Gasteiger partial charge in [-0.1, -0.05) is 91.0 Å². The molecule has 33 heavy (non-hydrogen) atoms. The van der Waals surface area contributed by atoms with Crippen LogP contribution in [0.3, 0.4) is 0 Å². The quantitative estimate of drug-likeness (QED) is 0.471. The summed E-state index contributed by atoms with van der Waals surface area (Å²) in [6.45, 7) is 6.49. The molecule has 0 radical (unpaired) electrons. The Bertz CT molecular complexity index is 854. The van der Waals surface area contributed by atoms with Crippen molar-refractivity contribution in [2.45, 2.75) is 5.54 Å². The number of nitrogens with one attached hydrogen (secondary N) is 2. The summed E-state index contributed by atoms with van der Waals surface area (Å²) >= 11 is 0. The third-order valence-corrected chi connectivity index (χ3v) is 6.47. The number of hydrogen-bond donors (Lipinski definition) is 2. The molecule has 1 amide bonds. The van der Waals surface area contributed by atoms with Crippen molar-refractivity contribution < 1.29 is 4.79 Å². The fourth-order valence-corrected chi connectivity index (χ4v) is 4.87. The molecule has 0 saturated carbocycles. The highest BCUT2D eigenvalue weighted by molar-refractivity contribution is 5.49. The first kappa shape index (κ1) is 23.2. The predicted molar refractivity (Wildman–Crippen MR) is 134 cm³/mol. The molecule has 1 aliphatic rings. The van der Waals surface area contributed by atoms with Gasteiger partial charge in [-0.3, -0.25) is 9.69 Å². The second-order valence-electron chi connectivity index (χ2n) is 8.44. The Morgan fingerprint density at radius 3 is 1.30 bits per heavy atom. The molecule has 1 fully saturated rings. The molecule has 172 valence electrons. The average Bonchev–Trinajstić information content (AvgIpc) is 2.88. The zero-order valence-electron chi connectivity index (χ0n) is 19.2. The largest absolute Gasteiger partial charge is 0.343 e. The van der Waals surface area contributed by atoms with Gasteiger partial charge in [0.15, 0.2) is 0 Å². The van der Waals surface area contributed by atoms with Crippen molar-refractivity contribution in [3.63, 3.8) is 0 Å². The third kappa shape index (κ3) is 5.33. The highest BCUT2D eigenvalue weighted by Gasteiger charge is 2.41. The van der Waals surface area contributed by atoms with Gasteiger partial charge in [-0.25, -0.2) is 0 Å². The van der Waals surface area contributed by atoms with Gasteiger partial charge in [-0.05, 0) is 16.7 Å². The monoisotopic (exact) mass is 442 g/mol. The molecule has 0 bridgehead atoms. The van der Waals surface area contributed by atoms with Crippen LogP contribution in [0.5, 0.6) is 0 Å². The average molecular weight is 443 g/mol. The van der Waals surface area contributed by atoms with E-state index in [-0.39, 0.29) is 0 Å². The molecule has 0 unspecified atom stereocenters. The van der Waals surface area contributed by atoms with E-state index in [1.807, 2.05) is 4.90 Å². The first-order chi connectivity index (χ1) is 16.4. The van der Waals surface area contributed by atoms with Crippen molar-refractivity contribution in [1.29, 1.82) is 0 Å². The molecule has 3 aromatic carbocycles. The van der Waals surface area contributed by atoms with Gasteiger partial charge < -0.3 is 15.5 Å². The topological polar surface area (TPSA) is 47.6 Å². The summed E-state index contributed by atoms with van der Waals surface area (Å²) in [6.07, 6.45) is 0.951. The number of nitrogens with zero attached hydrogens (tertiary/aromatic N) is 2. The Morgan fingerprint density at radius 1 is 0.576 bits per heavy atom. The van der Waals surface area contributed by atoms with Gasteiger partial charge in [0.1, 0.15) is 0 Å². The molecule has 1 heterocycles. The van der Waals surface area contributed by atoms with Gasteiger partial charge in [0.2, 0.25) is 6.41 Å². The Labute approximate surface area is 197 Å². The van der Waals surface area contributed by atoms with E-state index in [9.17, 15) is 4.79 Å². The predicted octanol–water partition coefficient (Wildman–Crippen LogP) is 2.93. The molecule has 0 spiro atoms. The van der Waals surface area contributed by atoms with Crippen molar-refractivity contribution in [3.05, 3.63) is 108 Å². The van der Waals surface area contributed by atoms with Crippen LogP contribution in [0.15, 0.2) is 91.0 Å². The molecule has 1 aliphatic heterocycles. The fraction of sp³-hybridized carbons (Fsp3) is 0.321. The highest BCUT2D eigenvalue weighted by atomic mass is 16.1. The highest BCUT2D eigenvalue weighted by Crippen LogP contribution is 2.42. The summed E-state index contributed by atoms with van der Waals surface area (Å²) in [5.74, 6) is 0. The van der Waals surface area contributed by atoms with E-state index < -0.39 is 5.54 Å². The van der Waals surface area contributed by atoms with Crippen molar-refractivity contribution in [2.75, 3.05) is 52.4 Å². The zero-order valence-corrected chi connectivity index (χ0v) is 19.2. The maximum absolute atomic E-state index is 11.3. The van der Waals surface area contributed by atoms with Gasteiger partial charge in [-0.15, -0.1) is 0 Å². The minimum atomic E-state index is -0.411. The molecule has 3 aromatic rings. The van der Waals surface area contributed by atoms with Crippen LogP contribution in [-0.4, -0.2) is 68.6 Å². The molecule has 0 aromatic heterocycles. The first-order valence-corrected chi connectivity index (χ1v) is 11.9. The minimum absolute atomic E-state index is 0.411. The van der Waals surface area contributed by atoms with E-state index in [0.29, 0.717) is 0 Å². The zero-order chi connectivity index (χ0) is 22.8. The van der Waals surface area contributed by atoms with Crippen LogP contribution in [-0.2, 0) is 10.3 Å². The van der Waals surface area contributed by atoms with Gasteiger partial charge in [-0.2, -0.15) is 0 Å². The molecular weight excluding hydrogens is 408 g/mol. The second-order valence-corrected chi connectivity index (χ2v) is 8.44. The molecule has 0 atom stereocenters. The lowest BCUT2D eigenvalue weighted by Crippen LogP contribution is -2.53. The minimum Gasteiger partial charge on any atom is -0.343 e. The normalized spacial score (nSPS) is 17.0. The van der Waals surface area contributed by atoms with Gasteiger partial charge in [0.05, 0.1) is 5.54 Å². The van der Waals surface area contributed by atoms with E-state index in [1.54, 1.807) is 0 Å². The van der Waals surface area contributed by atoms with Crippen LogP contribution >= 0.6 is 0 Å². The Balaban J connectivity index is 1.78. The van der Waals surface area contributed by atoms with Crippen molar-refractivity contribution in [3.8, 4) is 0 Å². The summed E-state index contributed by atoms with van der Waals surface area (Å²) in [4.78, 5) is 15.7. The number of rotatable bonds is 5. The number of carbonyl (C=O) groups excluding carboxylic acids is 1. The standard InChI is InChI=1S/C28H34N4O/c33-24-31-20-16-29-18-22-32(23-19-30-17-21-31)28(25-10-4-1-5-11-25,26-12-6-2-7-13-26)27-14-8-3-9-15-27/h1-15,24,29-30H,16-23H2. The lowest BCUT2D eigenvalue weighted by Gasteiger charge is -2.46. The first-order valence-electron chi connectivity index (χ1n) is 11.9. The van der Waals surface area contributed by atoms with E-state index in [4.69, 9.17) is 0 Å². The summed E-state index contributed by atoms with van der Waals surface area (Å²) < 4.78 is 0. The maximum atomic E-state index is 11.3. The number of carbonyl (C=O) groups is 1. The molecule has 2 N–H and O–H groups in total. The van der Waals surface area contributed by atoms with Gasteiger partial charge in [0.25, 0.3) is 0 Å². The molecule has 0 aliphatic carbocycles. The van der Waals surface area contributed by atoms with Crippen LogP contribution in [0.25, 0.3) is 0 Å². The summed E-state index contributed by atoms with van der Waals surface area (Å²) in [6, 6.07) is 32.6. The van der Waals surface area contributed by atoms with Gasteiger partial charge >= 0.3 is 0 Å². The second kappa shape index (κ2) is 11.8. The van der Waals surface area contributed by atoms with Crippen LogP contribution in [0, 0.1) is 0 Å². The van der Waals surface area contributed by atoms with Crippen molar-refractivity contribution in [1.82, 2.24) is 20.4 Å². The lowest BCUT2D eigenvalue weighted by molar-refractivity contribution is -0.118. The fourth-order valence-electron chi connectivity index (χ4n) is 4.87. The summed E-state index contributed by atoms with van der Waals surface area (Å²) in [7, 11) is 0. The number of amides is 1. The third-order valence-electron chi connectivity index (χ3n) is 6.47. The van der Waals surface area contributed by atoms with E-state index in [2.05, 4.69) is 107 Å². The smallest absolute Gasteiger partial charge is 0.209 e. The van der Waals surface area contributed by atoms with Crippen molar-refractivity contribution >= 4 is 6.41 Å². The van der Waals surface area contributed by atoms with E-state index in [1.165, 1.54) is 16.7 Å². The number of hydrogen-bond acceptors (Lipinski definition) is 4. The summed E-state index contributed by atoms with van der Waals surface area (Å²) in [5, 5.41) is 7.12. The Kier molecular flexibility index (Phi) is 8.25. The summed E-state index contributed by atoms with van der Waals surface area (Å²) in [5.41, 5.74) is 3.39. The van der Waals surface area contributed by atoms with Crippen LogP contribution in [0.2, 0.25) is 0 Å². The molecule has 5 heteroatoms. The molecule has 5 nitrogen and oxygen atoms in total. The number of benzene rings is 3. The van der Waals surface area contributed by atoms with Crippen LogP contribution in [0.4, 0.5) is 0 Å². The van der Waals surface area contributed by atoms with E-state index >= 15 is 0 Å². The molecule has 1 saturated heterocycles. The van der Waals surface area contributed by atoms with Gasteiger partial charge in [0, 0.05) is 52.4 Å². The molecule has 4 rings (SSSR count).